The van der Waals surface area contributed by atoms with Gasteiger partial charge in [-0.15, -0.1) is 0 Å². The maximum absolute atomic E-state index is 13.8. The first-order valence-corrected chi connectivity index (χ1v) is 16.0. The number of ether oxygens (including phenoxy) is 5. The van der Waals surface area contributed by atoms with E-state index in [1.54, 1.807) is 27.7 Å². The molecule has 0 unspecified atom stereocenters. The van der Waals surface area contributed by atoms with Gasteiger partial charge in [0.25, 0.3) is 0 Å². The number of esters is 1. The van der Waals surface area contributed by atoms with Gasteiger partial charge in [0.2, 0.25) is 6.10 Å². The van der Waals surface area contributed by atoms with E-state index in [0.29, 0.717) is 19.7 Å². The lowest BCUT2D eigenvalue weighted by Gasteiger charge is -2.39. The van der Waals surface area contributed by atoms with E-state index in [1.165, 1.54) is 16.9 Å². The molecule has 0 aliphatic carbocycles. The fourth-order valence-electron chi connectivity index (χ4n) is 6.48. The molecule has 11 nitrogen and oxygen atoms in total. The first-order chi connectivity index (χ1) is 22.4. The van der Waals surface area contributed by atoms with Gasteiger partial charge in [-0.05, 0) is 66.5 Å². The molecular formula is C36H51N3O8. The average Bonchev–Trinajstić information content (AvgIpc) is 3.38. The van der Waals surface area contributed by atoms with Gasteiger partial charge in [0.05, 0.1) is 32.8 Å². The smallest absolute Gasteiger partial charge is 0.413 e. The Balaban J connectivity index is 1.72. The first kappa shape index (κ1) is 34.7. The van der Waals surface area contributed by atoms with E-state index in [-0.39, 0.29) is 13.0 Å². The van der Waals surface area contributed by atoms with Crippen LogP contribution in [0.15, 0.2) is 60.7 Å². The summed E-state index contributed by atoms with van der Waals surface area (Å²) in [6.45, 7) is 14.3. The van der Waals surface area contributed by atoms with Gasteiger partial charge in [-0.25, -0.2) is 14.4 Å². The third-order valence-corrected chi connectivity index (χ3v) is 8.62. The van der Waals surface area contributed by atoms with Crippen LogP contribution in [-0.4, -0.2) is 94.4 Å². The van der Waals surface area contributed by atoms with Crippen LogP contribution in [0, 0.1) is 0 Å². The summed E-state index contributed by atoms with van der Waals surface area (Å²) < 4.78 is 38.0. The Morgan fingerprint density at radius 3 is 1.64 bits per heavy atom. The Kier molecular flexibility index (Phi) is 10.5. The van der Waals surface area contributed by atoms with Crippen LogP contribution in [0.2, 0.25) is 0 Å². The standard InChI is InChI=1S/C36H51N3O8/c1-33(2)24-45-35(5,6)38(33)31(41)44-23-28(37(21-26-16-12-10-13-17-26)22-27-18-14-11-15-19-27)20-29(30(40)43-9)47-32(42)39-34(3,4)25-46-36(39,7)8/h10-19,28-29H,20-25H2,1-9H3/t28-,29+/m0/s1/i23D/t23-,28-,29+. The van der Waals surface area contributed by atoms with Crippen LogP contribution in [0.5, 0.6) is 0 Å². The third kappa shape index (κ3) is 8.63. The average molecular weight is 655 g/mol. The first-order valence-electron chi connectivity index (χ1n) is 16.6. The summed E-state index contributed by atoms with van der Waals surface area (Å²) in [7, 11) is 1.21. The number of carbonyl (C=O) groups is 3. The summed E-state index contributed by atoms with van der Waals surface area (Å²) >= 11 is 0. The van der Waals surface area contributed by atoms with Crippen molar-refractivity contribution in [3.05, 3.63) is 71.8 Å². The van der Waals surface area contributed by atoms with Gasteiger partial charge >= 0.3 is 18.2 Å². The highest BCUT2D eigenvalue weighted by molar-refractivity contribution is 5.79. The number of amides is 2. The summed E-state index contributed by atoms with van der Waals surface area (Å²) in [5.41, 5.74) is -1.47. The van der Waals surface area contributed by atoms with Crippen LogP contribution >= 0.6 is 0 Å². The van der Waals surface area contributed by atoms with E-state index >= 15 is 0 Å². The molecule has 3 atom stereocenters. The number of carbonyl (C=O) groups excluding carboxylic acids is 3. The molecule has 2 amide bonds. The summed E-state index contributed by atoms with van der Waals surface area (Å²) in [4.78, 5) is 45.8. The molecule has 47 heavy (non-hydrogen) atoms. The molecule has 2 fully saturated rings. The second-order valence-corrected chi connectivity index (χ2v) is 14.4. The molecular weight excluding hydrogens is 602 g/mol. The van der Waals surface area contributed by atoms with Crippen LogP contribution in [0.1, 0.15) is 74.3 Å². The predicted octanol–water partition coefficient (Wildman–Crippen LogP) is 5.96. The van der Waals surface area contributed by atoms with Crippen LogP contribution in [0.4, 0.5) is 9.59 Å². The van der Waals surface area contributed by atoms with Crippen molar-refractivity contribution in [2.24, 2.45) is 0 Å². The van der Waals surface area contributed by atoms with Crippen molar-refractivity contribution in [3.63, 3.8) is 0 Å². The highest BCUT2D eigenvalue weighted by Gasteiger charge is 2.51. The molecule has 2 saturated heterocycles. The number of rotatable bonds is 11. The Labute approximate surface area is 280 Å². The van der Waals surface area contributed by atoms with Gasteiger partial charge in [-0.3, -0.25) is 14.7 Å². The minimum atomic E-state index is -1.51. The molecule has 11 heteroatoms. The molecule has 2 aliphatic heterocycles. The summed E-state index contributed by atoms with van der Waals surface area (Å²) in [5.74, 6) is -0.794. The van der Waals surface area contributed by atoms with Gasteiger partial charge in [-0.1, -0.05) is 60.7 Å². The lowest BCUT2D eigenvalue weighted by atomic mass is 10.0. The van der Waals surface area contributed by atoms with Crippen molar-refractivity contribution in [3.8, 4) is 0 Å². The van der Waals surface area contributed by atoms with Gasteiger partial charge in [0, 0.05) is 25.6 Å². The molecule has 2 aliphatic rings. The van der Waals surface area contributed by atoms with Crippen LogP contribution < -0.4 is 0 Å². The molecule has 0 bridgehead atoms. The number of nitrogens with zero attached hydrogens (tertiary/aromatic N) is 3. The molecule has 0 spiro atoms. The van der Waals surface area contributed by atoms with Crippen molar-refractivity contribution in [1.82, 2.24) is 14.7 Å². The summed E-state index contributed by atoms with van der Waals surface area (Å²) in [6.07, 6.45) is -3.11. The van der Waals surface area contributed by atoms with Crippen molar-refractivity contribution in [2.45, 2.75) is 110 Å². The second-order valence-electron chi connectivity index (χ2n) is 14.4. The Morgan fingerprint density at radius 2 is 1.23 bits per heavy atom. The summed E-state index contributed by atoms with van der Waals surface area (Å²) in [5, 5.41) is 0. The molecule has 0 aromatic heterocycles. The van der Waals surface area contributed by atoms with E-state index in [2.05, 4.69) is 0 Å². The second kappa shape index (κ2) is 14.2. The van der Waals surface area contributed by atoms with Gasteiger partial charge in [0.15, 0.2) is 0 Å². The topological polar surface area (TPSA) is 107 Å². The fraction of sp³-hybridized carbons (Fsp3) is 0.583. The van der Waals surface area contributed by atoms with Crippen LogP contribution in [0.3, 0.4) is 0 Å². The molecule has 4 rings (SSSR count). The monoisotopic (exact) mass is 654 g/mol. The molecule has 2 aromatic rings. The van der Waals surface area contributed by atoms with Crippen molar-refractivity contribution in [1.29, 1.82) is 0 Å². The number of hydrogen-bond acceptors (Lipinski definition) is 9. The Hall–Kier alpha value is -3.67. The van der Waals surface area contributed by atoms with E-state index in [1.807, 2.05) is 93.3 Å². The van der Waals surface area contributed by atoms with Crippen molar-refractivity contribution >= 4 is 18.2 Å². The van der Waals surface area contributed by atoms with E-state index in [9.17, 15) is 15.8 Å². The van der Waals surface area contributed by atoms with Gasteiger partial charge in [-0.2, -0.15) is 0 Å². The number of methoxy groups -OCH3 is 1. The molecule has 2 aromatic carbocycles. The minimum Gasteiger partial charge on any atom is -0.466 e. The summed E-state index contributed by atoms with van der Waals surface area (Å²) in [6, 6.07) is 18.4. The number of hydrogen-bond donors (Lipinski definition) is 0. The Bertz CT molecular complexity index is 1350. The molecule has 0 N–H and O–H groups in total. The van der Waals surface area contributed by atoms with Crippen LogP contribution in [-0.2, 0) is 41.6 Å². The predicted molar refractivity (Wildman–Crippen MR) is 176 cm³/mol. The maximum Gasteiger partial charge on any atom is 0.413 e. The van der Waals surface area contributed by atoms with Gasteiger partial charge in [0.1, 0.15) is 18.0 Å². The Morgan fingerprint density at radius 1 is 0.787 bits per heavy atom. The molecule has 2 heterocycles. The molecule has 0 radical (unpaired) electrons. The van der Waals surface area contributed by atoms with E-state index in [0.717, 1.165) is 11.1 Å². The minimum absolute atomic E-state index is 0.196. The number of benzene rings is 2. The zero-order valence-corrected chi connectivity index (χ0v) is 29.1. The SMILES string of the molecule is [2H][C@H](OC(=O)N1C(C)(C)COC1(C)C)[C@H](C[C@@H](OC(=O)N1C(C)(C)COC1(C)C)C(=O)OC)N(Cc1ccccc1)Cc1ccccc1. The third-order valence-electron chi connectivity index (χ3n) is 8.62. The molecule has 0 saturated carbocycles. The highest BCUT2D eigenvalue weighted by atomic mass is 16.6. The van der Waals surface area contributed by atoms with Crippen molar-refractivity contribution < 1.29 is 39.4 Å². The lowest BCUT2D eigenvalue weighted by molar-refractivity contribution is -0.154. The van der Waals surface area contributed by atoms with E-state index in [4.69, 9.17) is 23.7 Å². The zero-order chi connectivity index (χ0) is 35.5. The van der Waals surface area contributed by atoms with Crippen molar-refractivity contribution in [2.75, 3.05) is 26.9 Å². The quantitative estimate of drug-likeness (QED) is 0.214. The normalized spacial score (nSPS) is 21.4. The zero-order valence-electron chi connectivity index (χ0n) is 30.1. The molecule has 258 valence electrons. The van der Waals surface area contributed by atoms with Gasteiger partial charge < -0.3 is 23.7 Å². The lowest BCUT2D eigenvalue weighted by Crippen LogP contribution is -2.55. The highest BCUT2D eigenvalue weighted by Crippen LogP contribution is 2.37. The largest absolute Gasteiger partial charge is 0.466 e. The van der Waals surface area contributed by atoms with Crippen LogP contribution in [0.25, 0.3) is 0 Å². The van der Waals surface area contributed by atoms with E-state index < -0.39 is 59.4 Å². The fourth-order valence-corrected chi connectivity index (χ4v) is 6.48. The maximum atomic E-state index is 13.8.